The van der Waals surface area contributed by atoms with Gasteiger partial charge in [-0.2, -0.15) is 12.8 Å². The van der Waals surface area contributed by atoms with E-state index in [1.807, 2.05) is 36.4 Å². The number of benzene rings is 3. The maximum absolute atomic E-state index is 15.0. The molecular formula is C34H29F4O8S2-. The first kappa shape index (κ1) is 31.8. The number of carbonyl (C=O) groups excluding carboxylic acids is 1. The van der Waals surface area contributed by atoms with Crippen molar-refractivity contribution >= 4 is 26.2 Å². The Hall–Kier alpha value is -3.49. The van der Waals surface area contributed by atoms with Crippen LogP contribution in [0.2, 0.25) is 0 Å². The summed E-state index contributed by atoms with van der Waals surface area (Å²) in [5.41, 5.74) is 3.74. The van der Waals surface area contributed by atoms with Gasteiger partial charge in [-0.05, 0) is 79.0 Å². The number of carbonyl (C=O) groups is 1. The smallest absolute Gasteiger partial charge is 0.315 e. The Morgan fingerprint density at radius 3 is 1.90 bits per heavy atom. The lowest BCUT2D eigenvalue weighted by molar-refractivity contribution is -0.160. The van der Waals surface area contributed by atoms with E-state index in [1.54, 1.807) is 0 Å². The average molecular weight is 706 g/mol. The molecule has 0 heterocycles. The zero-order valence-electron chi connectivity index (χ0n) is 25.3. The van der Waals surface area contributed by atoms with Crippen LogP contribution in [0.3, 0.4) is 0 Å². The number of hydrogen-bond donors (Lipinski definition) is 0. The van der Waals surface area contributed by atoms with Gasteiger partial charge in [-0.1, -0.05) is 48.5 Å². The molecule has 0 spiro atoms. The third-order valence-electron chi connectivity index (χ3n) is 11.4. The van der Waals surface area contributed by atoms with E-state index in [0.29, 0.717) is 25.7 Å². The van der Waals surface area contributed by atoms with Crippen LogP contribution in [-0.2, 0) is 29.8 Å². The van der Waals surface area contributed by atoms with Crippen molar-refractivity contribution in [2.45, 2.75) is 66.4 Å². The largest absolute Gasteiger partial charge is 0.744 e. The van der Waals surface area contributed by atoms with E-state index in [2.05, 4.69) is 12.1 Å². The summed E-state index contributed by atoms with van der Waals surface area (Å²) in [5, 5.41) is 0. The highest BCUT2D eigenvalue weighted by Gasteiger charge is 2.64. The molecule has 0 saturated heterocycles. The van der Waals surface area contributed by atoms with Crippen molar-refractivity contribution in [2.24, 2.45) is 23.2 Å². The van der Waals surface area contributed by atoms with Gasteiger partial charge in [0.25, 0.3) is 0 Å². The van der Waals surface area contributed by atoms with Gasteiger partial charge >= 0.3 is 16.1 Å². The van der Waals surface area contributed by atoms with Crippen molar-refractivity contribution in [1.82, 2.24) is 0 Å². The fraction of sp³-hybridized carbons (Fsp3) is 0.441. The predicted molar refractivity (Wildman–Crippen MR) is 159 cm³/mol. The Balaban J connectivity index is 1.07. The molecule has 3 atom stereocenters. The fourth-order valence-corrected chi connectivity index (χ4v) is 12.6. The van der Waals surface area contributed by atoms with Crippen molar-refractivity contribution in [3.63, 3.8) is 0 Å². The number of halogens is 4. The van der Waals surface area contributed by atoms with Gasteiger partial charge in [0.2, 0.25) is 11.6 Å². The maximum Gasteiger partial charge on any atom is 0.315 e. The van der Waals surface area contributed by atoms with Crippen LogP contribution < -0.4 is 4.18 Å². The van der Waals surface area contributed by atoms with Crippen LogP contribution in [0.25, 0.3) is 0 Å². The molecule has 7 aliphatic carbocycles. The molecule has 8 nitrogen and oxygen atoms in total. The standard InChI is InChI=1S/C34H30F4O8S2/c35-26-27(36)30(29(38)31(28(26)37)47(40,41)42)46-48(43,44)34-13-17-9-18(14-34)12-33(11-17,15-34)16-45-32(39)24-10-23-19-5-1-3-7-21(19)25(24)22-8-4-2-6-20(22)23/h1-8,17-18,23-25H,9-16H2,(H,40,41,42)/p-1. The molecule has 7 aliphatic rings. The second kappa shape index (κ2) is 10.5. The molecule has 0 amide bonds. The molecule has 0 aromatic heterocycles. The summed E-state index contributed by atoms with van der Waals surface area (Å²) in [6.45, 7) is -0.0836. The van der Waals surface area contributed by atoms with Crippen LogP contribution in [0, 0.1) is 46.4 Å². The van der Waals surface area contributed by atoms with Crippen molar-refractivity contribution < 1.29 is 52.7 Å². The third-order valence-corrected chi connectivity index (χ3v) is 14.2. The highest BCUT2D eigenvalue weighted by Crippen LogP contribution is 2.64. The van der Waals surface area contributed by atoms with Crippen LogP contribution in [-0.4, -0.2) is 38.7 Å². The maximum atomic E-state index is 15.0. The minimum atomic E-state index is -6.03. The van der Waals surface area contributed by atoms with Crippen molar-refractivity contribution in [3.8, 4) is 5.75 Å². The normalized spacial score (nSPS) is 31.3. The van der Waals surface area contributed by atoms with Crippen molar-refractivity contribution in [1.29, 1.82) is 0 Å². The SMILES string of the molecule is O=C(OCC12CC3CC(C1)CC(S(=O)(=O)Oc1c(F)c(F)c(F)c(S(=O)(=O)[O-])c1F)(C3)C2)C1CC2c3ccccc3C1c1ccccc12. The number of fused-ring (bicyclic) bond motifs is 1. The quantitative estimate of drug-likeness (QED) is 0.0728. The van der Waals surface area contributed by atoms with E-state index in [4.69, 9.17) is 8.92 Å². The molecule has 0 radical (unpaired) electrons. The first-order valence-corrected chi connectivity index (χ1v) is 18.6. The van der Waals surface area contributed by atoms with E-state index in [0.717, 1.165) is 11.1 Å². The lowest BCUT2D eigenvalue weighted by Gasteiger charge is -2.60. The van der Waals surface area contributed by atoms with Gasteiger partial charge in [-0.15, -0.1) is 0 Å². The zero-order chi connectivity index (χ0) is 34.0. The first-order valence-electron chi connectivity index (χ1n) is 15.7. The Morgan fingerprint density at radius 2 is 1.33 bits per heavy atom. The summed E-state index contributed by atoms with van der Waals surface area (Å²) in [6.07, 6.45) is 2.33. The van der Waals surface area contributed by atoms with Crippen LogP contribution in [0.5, 0.6) is 5.75 Å². The molecule has 48 heavy (non-hydrogen) atoms. The monoisotopic (exact) mass is 705 g/mol. The highest BCUT2D eigenvalue weighted by molar-refractivity contribution is 7.88. The molecule has 3 aromatic rings. The Bertz CT molecular complexity index is 2060. The number of esters is 1. The molecular weight excluding hydrogens is 676 g/mol. The summed E-state index contributed by atoms with van der Waals surface area (Å²) >= 11 is 0. The van der Waals surface area contributed by atoms with Crippen LogP contribution in [0.15, 0.2) is 53.4 Å². The minimum absolute atomic E-state index is 0.0271. The molecule has 3 unspecified atom stereocenters. The molecule has 254 valence electrons. The van der Waals surface area contributed by atoms with Gasteiger partial charge in [0.05, 0.1) is 12.5 Å². The average Bonchev–Trinajstić information content (AvgIpc) is 3.03. The molecule has 3 aromatic carbocycles. The molecule has 4 saturated carbocycles. The summed E-state index contributed by atoms with van der Waals surface area (Å²) in [7, 11) is -11.1. The Kier molecular flexibility index (Phi) is 6.95. The van der Waals surface area contributed by atoms with E-state index in [9.17, 15) is 39.4 Å². The molecule has 4 fully saturated rings. The van der Waals surface area contributed by atoms with Gasteiger partial charge < -0.3 is 13.5 Å². The molecule has 0 N–H and O–H groups in total. The third kappa shape index (κ3) is 4.58. The van der Waals surface area contributed by atoms with E-state index in [1.165, 1.54) is 11.1 Å². The van der Waals surface area contributed by atoms with Gasteiger partial charge in [-0.3, -0.25) is 4.79 Å². The Labute approximate surface area is 274 Å². The topological polar surface area (TPSA) is 127 Å². The first-order chi connectivity index (χ1) is 22.6. The summed E-state index contributed by atoms with van der Waals surface area (Å²) < 4.78 is 129. The summed E-state index contributed by atoms with van der Waals surface area (Å²) in [6, 6.07) is 16.1. The fourth-order valence-electron chi connectivity index (χ4n) is 10.1. The molecule has 14 heteroatoms. The predicted octanol–water partition coefficient (Wildman–Crippen LogP) is 6.04. The number of hydrogen-bond acceptors (Lipinski definition) is 8. The number of ether oxygens (including phenoxy) is 1. The lowest BCUT2D eigenvalue weighted by Crippen LogP contribution is -2.61. The zero-order valence-corrected chi connectivity index (χ0v) is 26.9. The second-order valence-electron chi connectivity index (χ2n) is 14.3. The second-order valence-corrected chi connectivity index (χ2v) is 17.5. The van der Waals surface area contributed by atoms with E-state index >= 15 is 4.39 Å². The van der Waals surface area contributed by atoms with Crippen molar-refractivity contribution in [3.05, 3.63) is 94.1 Å². The molecule has 0 aliphatic heterocycles. The van der Waals surface area contributed by atoms with Gasteiger partial charge in [0.1, 0.15) is 19.8 Å². The highest BCUT2D eigenvalue weighted by atomic mass is 32.2. The minimum Gasteiger partial charge on any atom is -0.744 e. The van der Waals surface area contributed by atoms with Crippen LogP contribution in [0.4, 0.5) is 17.6 Å². The number of rotatable bonds is 7. The van der Waals surface area contributed by atoms with Gasteiger partial charge in [0.15, 0.2) is 17.5 Å². The van der Waals surface area contributed by atoms with Gasteiger partial charge in [0, 0.05) is 17.3 Å². The van der Waals surface area contributed by atoms with E-state index in [-0.39, 0.29) is 49.5 Å². The molecule has 6 bridgehead atoms. The lowest BCUT2D eigenvalue weighted by atomic mass is 9.49. The summed E-state index contributed by atoms with van der Waals surface area (Å²) in [4.78, 5) is 11.5. The van der Waals surface area contributed by atoms with Crippen LogP contribution in [0.1, 0.15) is 79.0 Å². The summed E-state index contributed by atoms with van der Waals surface area (Å²) in [5.74, 6) is -13.4. The van der Waals surface area contributed by atoms with Crippen LogP contribution >= 0.6 is 0 Å². The Morgan fingerprint density at radius 1 is 0.771 bits per heavy atom. The van der Waals surface area contributed by atoms with E-state index < -0.39 is 76.2 Å². The molecule has 10 rings (SSSR count). The van der Waals surface area contributed by atoms with Crippen molar-refractivity contribution in [2.75, 3.05) is 6.61 Å². The van der Waals surface area contributed by atoms with Gasteiger partial charge in [-0.25, -0.2) is 21.6 Å².